The molecule has 0 saturated carbocycles. The van der Waals surface area contributed by atoms with Crippen LogP contribution >= 0.6 is 11.6 Å². The van der Waals surface area contributed by atoms with Crippen molar-refractivity contribution in [3.63, 3.8) is 0 Å². The van der Waals surface area contributed by atoms with E-state index in [4.69, 9.17) is 16.3 Å². The Bertz CT molecular complexity index is 2100. The van der Waals surface area contributed by atoms with Crippen molar-refractivity contribution >= 4 is 46.8 Å². The van der Waals surface area contributed by atoms with Crippen molar-refractivity contribution in [1.29, 1.82) is 0 Å². The molecular weight excluding hydrogens is 782 g/mol. The van der Waals surface area contributed by atoms with Crippen LogP contribution in [-0.2, 0) is 22.6 Å². The maximum atomic E-state index is 13.8. The van der Waals surface area contributed by atoms with Crippen molar-refractivity contribution in [3.8, 4) is 11.1 Å². The molecule has 4 aromatic rings. The van der Waals surface area contributed by atoms with Gasteiger partial charge in [0.1, 0.15) is 17.0 Å². The minimum Gasteiger partial charge on any atom is -0.444 e. The summed E-state index contributed by atoms with van der Waals surface area (Å²) in [4.78, 5) is 60.5. The maximum absolute atomic E-state index is 13.8. The second-order valence-corrected chi connectivity index (χ2v) is 15.8. The molecular formula is C43H51ClF2N8O5. The lowest BCUT2D eigenvalue weighted by Gasteiger charge is -2.32. The molecule has 1 aliphatic rings. The predicted molar refractivity (Wildman–Crippen MR) is 224 cm³/mol. The van der Waals surface area contributed by atoms with Crippen molar-refractivity contribution in [2.45, 2.75) is 78.0 Å². The second-order valence-electron chi connectivity index (χ2n) is 15.4. The van der Waals surface area contributed by atoms with Crippen molar-refractivity contribution < 1.29 is 32.7 Å². The van der Waals surface area contributed by atoms with Gasteiger partial charge in [-0.25, -0.2) is 13.6 Å². The van der Waals surface area contributed by atoms with E-state index in [-0.39, 0.29) is 36.7 Å². The van der Waals surface area contributed by atoms with Crippen LogP contribution in [0.25, 0.3) is 11.1 Å². The quantitative estimate of drug-likeness (QED) is 0.0726. The SMILES string of the molecule is Cc1c(NC(=O)c2ccc(CNCCNC(=O)CCCNC(=O)OC(C)(C)C)cn2)cccc1-c1cccc(NC(=O)c2ccc(CN3CCCC(F)(F)C3)cn2)c1Cl. The van der Waals surface area contributed by atoms with E-state index in [2.05, 4.69) is 36.6 Å². The van der Waals surface area contributed by atoms with Crippen LogP contribution in [0.4, 0.5) is 25.0 Å². The average molecular weight is 833 g/mol. The average Bonchev–Trinajstić information content (AvgIpc) is 3.17. The number of hydrogen-bond donors (Lipinski definition) is 5. The standard InChI is InChI=1S/C43H51ClF2N8O5/c1-28-31(32-10-6-12-34(38(32)44)53-40(57)36-17-15-30(25-51-36)26-54-22-8-18-43(45,46)27-54)9-5-11-33(28)52-39(56)35-16-14-29(24-50-35)23-47-20-21-48-37(55)13-7-19-49-41(58)59-42(2,3)4/h5-6,9-12,14-17,24-25,47H,7-8,13,18-23,26-27H2,1-4H3,(H,48,55)(H,49,58)(H,52,56)(H,53,57). The molecule has 16 heteroatoms. The Hall–Kier alpha value is -5.51. The third kappa shape index (κ3) is 13.8. The van der Waals surface area contributed by atoms with E-state index in [0.717, 1.165) is 22.3 Å². The number of likely N-dealkylation sites (tertiary alicyclic amines) is 1. The second kappa shape index (κ2) is 20.5. The van der Waals surface area contributed by atoms with Crippen LogP contribution in [0.1, 0.15) is 84.1 Å². The van der Waals surface area contributed by atoms with Crippen molar-refractivity contribution in [3.05, 3.63) is 106 Å². The van der Waals surface area contributed by atoms with Crippen LogP contribution in [-0.4, -0.2) is 82.9 Å². The van der Waals surface area contributed by atoms with E-state index < -0.39 is 29.4 Å². The van der Waals surface area contributed by atoms with Gasteiger partial charge in [-0.2, -0.15) is 0 Å². The van der Waals surface area contributed by atoms with Gasteiger partial charge in [-0.05, 0) is 93.6 Å². The van der Waals surface area contributed by atoms with E-state index in [9.17, 15) is 28.0 Å². The van der Waals surface area contributed by atoms with Crippen LogP contribution in [0.5, 0.6) is 0 Å². The van der Waals surface area contributed by atoms with Crippen LogP contribution in [0.3, 0.4) is 0 Å². The van der Waals surface area contributed by atoms with E-state index in [1.807, 2.05) is 19.1 Å². The monoisotopic (exact) mass is 832 g/mol. The summed E-state index contributed by atoms with van der Waals surface area (Å²) < 4.78 is 32.8. The fraction of sp³-hybridized carbons (Fsp3) is 0.395. The molecule has 1 saturated heterocycles. The van der Waals surface area contributed by atoms with Crippen LogP contribution < -0.4 is 26.6 Å². The van der Waals surface area contributed by atoms with Crippen LogP contribution in [0, 0.1) is 6.92 Å². The highest BCUT2D eigenvalue weighted by molar-refractivity contribution is 6.36. The Balaban J connectivity index is 1.08. The fourth-order valence-electron chi connectivity index (χ4n) is 6.39. The largest absolute Gasteiger partial charge is 0.444 e. The third-order valence-electron chi connectivity index (χ3n) is 9.31. The van der Waals surface area contributed by atoms with Gasteiger partial charge in [0.2, 0.25) is 5.91 Å². The lowest BCUT2D eigenvalue weighted by atomic mass is 9.98. The molecule has 59 heavy (non-hydrogen) atoms. The zero-order valence-electron chi connectivity index (χ0n) is 33.7. The first kappa shape index (κ1) is 44.6. The molecule has 0 radical (unpaired) electrons. The number of nitrogens with zero attached hydrogens (tertiary/aromatic N) is 3. The van der Waals surface area contributed by atoms with Gasteiger partial charge in [0.05, 0.1) is 17.3 Å². The smallest absolute Gasteiger partial charge is 0.407 e. The Kier molecular flexibility index (Phi) is 15.5. The summed E-state index contributed by atoms with van der Waals surface area (Å²) in [6, 6.07) is 17.4. The molecule has 5 rings (SSSR count). The van der Waals surface area contributed by atoms with Gasteiger partial charge in [0, 0.05) is 69.2 Å². The Morgan fingerprint density at radius 2 is 1.47 bits per heavy atom. The van der Waals surface area contributed by atoms with Crippen LogP contribution in [0.2, 0.25) is 5.02 Å². The minimum atomic E-state index is -2.70. The number of ether oxygens (including phenoxy) is 1. The Morgan fingerprint density at radius 3 is 2.12 bits per heavy atom. The zero-order valence-corrected chi connectivity index (χ0v) is 34.5. The van der Waals surface area contributed by atoms with Gasteiger partial charge in [0.25, 0.3) is 17.7 Å². The number of rotatable bonds is 16. The van der Waals surface area contributed by atoms with Gasteiger partial charge < -0.3 is 31.3 Å². The number of piperidine rings is 1. The molecule has 1 aliphatic heterocycles. The molecule has 2 aromatic heterocycles. The summed E-state index contributed by atoms with van der Waals surface area (Å²) in [6.07, 6.45) is 3.73. The molecule has 5 N–H and O–H groups in total. The van der Waals surface area contributed by atoms with Crippen molar-refractivity contribution in [2.24, 2.45) is 0 Å². The molecule has 4 amide bonds. The number of alkyl halides is 2. The third-order valence-corrected chi connectivity index (χ3v) is 9.72. The maximum Gasteiger partial charge on any atom is 0.407 e. The van der Waals surface area contributed by atoms with Crippen LogP contribution in [0.15, 0.2) is 73.1 Å². The molecule has 0 unspecified atom stereocenters. The van der Waals surface area contributed by atoms with E-state index in [1.165, 1.54) is 6.20 Å². The number of halogens is 3. The Labute approximate surface area is 348 Å². The van der Waals surface area contributed by atoms with Crippen molar-refractivity contribution in [2.75, 3.05) is 43.4 Å². The highest BCUT2D eigenvalue weighted by atomic mass is 35.5. The first-order valence-corrected chi connectivity index (χ1v) is 19.9. The molecule has 3 heterocycles. The number of aromatic nitrogens is 2. The molecule has 2 aromatic carbocycles. The summed E-state index contributed by atoms with van der Waals surface area (Å²) in [6.45, 7) is 9.61. The number of anilines is 2. The van der Waals surface area contributed by atoms with Gasteiger partial charge in [-0.1, -0.05) is 48.0 Å². The summed E-state index contributed by atoms with van der Waals surface area (Å²) in [5, 5.41) is 14.8. The number of alkyl carbamates (subject to hydrolysis) is 1. The minimum absolute atomic E-state index is 0.102. The molecule has 0 spiro atoms. The zero-order chi connectivity index (χ0) is 42.6. The lowest BCUT2D eigenvalue weighted by molar-refractivity contribution is -0.121. The van der Waals surface area contributed by atoms with Gasteiger partial charge in [0.15, 0.2) is 0 Å². The van der Waals surface area contributed by atoms with Gasteiger partial charge >= 0.3 is 6.09 Å². The normalized spacial score (nSPS) is 13.9. The van der Waals surface area contributed by atoms with E-state index in [0.29, 0.717) is 74.1 Å². The number of pyridine rings is 2. The molecule has 1 fully saturated rings. The number of hydrogen-bond acceptors (Lipinski definition) is 9. The first-order valence-electron chi connectivity index (χ1n) is 19.5. The summed E-state index contributed by atoms with van der Waals surface area (Å²) in [7, 11) is 0. The first-order chi connectivity index (χ1) is 28.1. The Morgan fingerprint density at radius 1 is 0.831 bits per heavy atom. The summed E-state index contributed by atoms with van der Waals surface area (Å²) >= 11 is 6.85. The number of nitrogens with one attached hydrogen (secondary N) is 5. The molecule has 0 aliphatic carbocycles. The topological polar surface area (TPSA) is 167 Å². The van der Waals surface area contributed by atoms with Gasteiger partial charge in [-0.3, -0.25) is 29.3 Å². The predicted octanol–water partition coefficient (Wildman–Crippen LogP) is 7.35. The summed E-state index contributed by atoms with van der Waals surface area (Å²) in [5.74, 6) is -3.68. The molecule has 0 bridgehead atoms. The fourth-order valence-corrected chi connectivity index (χ4v) is 6.67. The molecule has 0 atom stereocenters. The van der Waals surface area contributed by atoms with E-state index >= 15 is 0 Å². The van der Waals surface area contributed by atoms with Crippen molar-refractivity contribution in [1.82, 2.24) is 30.8 Å². The number of carbonyl (C=O) groups is 4. The highest BCUT2D eigenvalue weighted by Crippen LogP contribution is 2.37. The van der Waals surface area contributed by atoms with Gasteiger partial charge in [-0.15, -0.1) is 0 Å². The lowest BCUT2D eigenvalue weighted by Crippen LogP contribution is -2.42. The summed E-state index contributed by atoms with van der Waals surface area (Å²) in [5.41, 5.74) is 4.46. The molecule has 13 nitrogen and oxygen atoms in total. The molecule has 314 valence electrons. The van der Waals surface area contributed by atoms with E-state index in [1.54, 1.807) is 80.4 Å². The number of carbonyl (C=O) groups excluding carboxylic acids is 4. The number of amides is 4. The highest BCUT2D eigenvalue weighted by Gasteiger charge is 2.35. The number of benzene rings is 2.